The molecule has 7 heteroatoms. The molecule has 1 aliphatic carbocycles. The van der Waals surface area contributed by atoms with Crippen LogP contribution in [0, 0.1) is 13.8 Å². The van der Waals surface area contributed by atoms with Crippen molar-refractivity contribution in [3.05, 3.63) is 46.0 Å². The molecule has 1 fully saturated rings. The molecule has 0 bridgehead atoms. The van der Waals surface area contributed by atoms with Crippen molar-refractivity contribution in [2.75, 3.05) is 0 Å². The third-order valence-corrected chi connectivity index (χ3v) is 4.64. The number of aromatic nitrogens is 3. The van der Waals surface area contributed by atoms with Crippen molar-refractivity contribution < 1.29 is 9.53 Å². The highest BCUT2D eigenvalue weighted by molar-refractivity contribution is 9.10. The minimum atomic E-state index is -0.0872. The third-order valence-electron chi connectivity index (χ3n) is 4.21. The lowest BCUT2D eigenvalue weighted by molar-refractivity contribution is 0.0884. The van der Waals surface area contributed by atoms with E-state index in [-0.39, 0.29) is 18.1 Å². The van der Waals surface area contributed by atoms with Crippen molar-refractivity contribution in [1.82, 2.24) is 20.3 Å². The van der Waals surface area contributed by atoms with Gasteiger partial charge in [0, 0.05) is 34.3 Å². The van der Waals surface area contributed by atoms with Gasteiger partial charge in [0.05, 0.1) is 5.56 Å². The molecule has 1 aliphatic rings. The predicted octanol–water partition coefficient (Wildman–Crippen LogP) is 3.37. The molecule has 0 atom stereocenters. The van der Waals surface area contributed by atoms with Gasteiger partial charge in [-0.2, -0.15) is 0 Å². The standard InChI is InChI=1S/C18H21BrN4O2/c1-11-7-12(2)22-18(21-11)25-16-5-3-15(4-6-16)23-17(24)13-8-14(19)10-20-9-13/h7-10,15-16H,3-6H2,1-2H3,(H,23,24). The Hall–Kier alpha value is -2.02. The maximum atomic E-state index is 12.3. The van der Waals surface area contributed by atoms with E-state index in [1.807, 2.05) is 19.9 Å². The number of nitrogens with one attached hydrogen (secondary N) is 1. The smallest absolute Gasteiger partial charge is 0.317 e. The van der Waals surface area contributed by atoms with Crippen LogP contribution in [0.5, 0.6) is 6.01 Å². The van der Waals surface area contributed by atoms with Gasteiger partial charge in [0.25, 0.3) is 5.91 Å². The maximum Gasteiger partial charge on any atom is 0.317 e. The Balaban J connectivity index is 1.51. The molecule has 0 aliphatic heterocycles. The number of hydrogen-bond donors (Lipinski definition) is 1. The molecule has 2 aromatic heterocycles. The van der Waals surface area contributed by atoms with E-state index in [4.69, 9.17) is 4.74 Å². The van der Waals surface area contributed by atoms with E-state index < -0.39 is 0 Å². The summed E-state index contributed by atoms with van der Waals surface area (Å²) in [5, 5.41) is 3.08. The van der Waals surface area contributed by atoms with Gasteiger partial charge in [0.15, 0.2) is 0 Å². The number of nitrogens with zero attached hydrogens (tertiary/aromatic N) is 3. The first-order valence-electron chi connectivity index (χ1n) is 8.40. The van der Waals surface area contributed by atoms with Crippen LogP contribution < -0.4 is 10.1 Å². The molecular formula is C18H21BrN4O2. The van der Waals surface area contributed by atoms with E-state index in [0.29, 0.717) is 11.6 Å². The summed E-state index contributed by atoms with van der Waals surface area (Å²) in [6.45, 7) is 3.87. The van der Waals surface area contributed by atoms with Crippen molar-refractivity contribution >= 4 is 21.8 Å². The molecule has 2 heterocycles. The summed E-state index contributed by atoms with van der Waals surface area (Å²) in [5.41, 5.74) is 2.38. The fourth-order valence-corrected chi connectivity index (χ4v) is 3.39. The molecule has 3 rings (SSSR count). The largest absolute Gasteiger partial charge is 0.460 e. The van der Waals surface area contributed by atoms with E-state index in [2.05, 4.69) is 36.2 Å². The van der Waals surface area contributed by atoms with Gasteiger partial charge in [0.1, 0.15) is 6.10 Å². The van der Waals surface area contributed by atoms with Gasteiger partial charge in [-0.1, -0.05) is 0 Å². The van der Waals surface area contributed by atoms with Crippen LogP contribution in [0.4, 0.5) is 0 Å². The molecule has 0 spiro atoms. The van der Waals surface area contributed by atoms with Gasteiger partial charge < -0.3 is 10.1 Å². The highest BCUT2D eigenvalue weighted by Gasteiger charge is 2.24. The minimum Gasteiger partial charge on any atom is -0.460 e. The Morgan fingerprint density at radius 2 is 1.80 bits per heavy atom. The summed E-state index contributed by atoms with van der Waals surface area (Å²) in [6, 6.07) is 4.31. The van der Waals surface area contributed by atoms with Crippen LogP contribution in [0.1, 0.15) is 47.4 Å². The predicted molar refractivity (Wildman–Crippen MR) is 97.6 cm³/mol. The van der Waals surface area contributed by atoms with E-state index in [1.54, 1.807) is 18.5 Å². The number of carbonyl (C=O) groups excluding carboxylic acids is 1. The lowest BCUT2D eigenvalue weighted by atomic mass is 9.93. The van der Waals surface area contributed by atoms with Gasteiger partial charge in [-0.15, -0.1) is 0 Å². The highest BCUT2D eigenvalue weighted by atomic mass is 79.9. The average molecular weight is 405 g/mol. The van der Waals surface area contributed by atoms with Crippen LogP contribution in [0.15, 0.2) is 29.0 Å². The summed E-state index contributed by atoms with van der Waals surface area (Å²) in [7, 11) is 0. The van der Waals surface area contributed by atoms with E-state index in [0.717, 1.165) is 41.5 Å². The molecule has 25 heavy (non-hydrogen) atoms. The Morgan fingerprint density at radius 1 is 1.12 bits per heavy atom. The molecule has 0 unspecified atom stereocenters. The van der Waals surface area contributed by atoms with Crippen molar-refractivity contribution in [3.8, 4) is 6.01 Å². The zero-order valence-electron chi connectivity index (χ0n) is 14.3. The summed E-state index contributed by atoms with van der Waals surface area (Å²) < 4.78 is 6.72. The van der Waals surface area contributed by atoms with Crippen LogP contribution in [-0.4, -0.2) is 33.0 Å². The van der Waals surface area contributed by atoms with Crippen LogP contribution in [0.25, 0.3) is 0 Å². The first-order chi connectivity index (χ1) is 12.0. The number of rotatable bonds is 4. The lowest BCUT2D eigenvalue weighted by Crippen LogP contribution is -2.39. The number of amides is 1. The van der Waals surface area contributed by atoms with E-state index in [1.165, 1.54) is 0 Å². The molecule has 1 amide bonds. The van der Waals surface area contributed by atoms with Crippen LogP contribution in [0.3, 0.4) is 0 Å². The molecule has 0 radical (unpaired) electrons. The van der Waals surface area contributed by atoms with Gasteiger partial charge >= 0.3 is 6.01 Å². The second kappa shape index (κ2) is 7.91. The number of pyridine rings is 1. The summed E-state index contributed by atoms with van der Waals surface area (Å²) in [6.07, 6.45) is 6.84. The zero-order valence-corrected chi connectivity index (χ0v) is 15.9. The van der Waals surface area contributed by atoms with Gasteiger partial charge in [-0.25, -0.2) is 9.97 Å². The zero-order chi connectivity index (χ0) is 17.8. The molecular weight excluding hydrogens is 384 g/mol. The molecule has 6 nitrogen and oxygen atoms in total. The van der Waals surface area contributed by atoms with Crippen molar-refractivity contribution in [1.29, 1.82) is 0 Å². The van der Waals surface area contributed by atoms with Gasteiger partial charge in [0.2, 0.25) is 0 Å². The Kier molecular flexibility index (Phi) is 5.63. The van der Waals surface area contributed by atoms with Crippen LogP contribution in [-0.2, 0) is 0 Å². The van der Waals surface area contributed by atoms with Crippen molar-refractivity contribution in [2.45, 2.75) is 51.7 Å². The summed E-state index contributed by atoms with van der Waals surface area (Å²) >= 11 is 3.33. The summed E-state index contributed by atoms with van der Waals surface area (Å²) in [5.74, 6) is -0.0872. The Labute approximate surface area is 155 Å². The molecule has 0 aromatic carbocycles. The molecule has 2 aromatic rings. The fraction of sp³-hybridized carbons (Fsp3) is 0.444. The molecule has 0 saturated heterocycles. The first-order valence-corrected chi connectivity index (χ1v) is 9.19. The lowest BCUT2D eigenvalue weighted by Gasteiger charge is -2.29. The van der Waals surface area contributed by atoms with Crippen molar-refractivity contribution in [2.24, 2.45) is 0 Å². The molecule has 1 N–H and O–H groups in total. The topological polar surface area (TPSA) is 77.0 Å². The monoisotopic (exact) mass is 404 g/mol. The molecule has 132 valence electrons. The number of carbonyl (C=O) groups is 1. The average Bonchev–Trinajstić information content (AvgIpc) is 2.56. The summed E-state index contributed by atoms with van der Waals surface area (Å²) in [4.78, 5) is 25.0. The van der Waals surface area contributed by atoms with Gasteiger partial charge in [-0.05, 0) is 67.6 Å². The Morgan fingerprint density at radius 3 is 2.44 bits per heavy atom. The SMILES string of the molecule is Cc1cc(C)nc(OC2CCC(NC(=O)c3cncc(Br)c3)CC2)n1. The minimum absolute atomic E-state index is 0.0872. The number of ether oxygens (including phenoxy) is 1. The number of aryl methyl sites for hydroxylation is 2. The quantitative estimate of drug-likeness (QED) is 0.844. The van der Waals surface area contributed by atoms with E-state index >= 15 is 0 Å². The maximum absolute atomic E-state index is 12.3. The fourth-order valence-electron chi connectivity index (χ4n) is 3.03. The number of halogens is 1. The highest BCUT2D eigenvalue weighted by Crippen LogP contribution is 2.23. The second-order valence-electron chi connectivity index (χ2n) is 6.39. The van der Waals surface area contributed by atoms with E-state index in [9.17, 15) is 4.79 Å². The second-order valence-corrected chi connectivity index (χ2v) is 7.31. The van der Waals surface area contributed by atoms with Crippen LogP contribution >= 0.6 is 15.9 Å². The first kappa shape index (κ1) is 17.8. The Bertz CT molecular complexity index is 740. The van der Waals surface area contributed by atoms with Crippen LogP contribution in [0.2, 0.25) is 0 Å². The van der Waals surface area contributed by atoms with Gasteiger partial charge in [-0.3, -0.25) is 9.78 Å². The molecule has 1 saturated carbocycles. The number of hydrogen-bond acceptors (Lipinski definition) is 5. The normalized spacial score (nSPS) is 20.1. The van der Waals surface area contributed by atoms with Crippen molar-refractivity contribution in [3.63, 3.8) is 0 Å². The third kappa shape index (κ3) is 4.98.